The Morgan fingerprint density at radius 1 is 1.35 bits per heavy atom. The second kappa shape index (κ2) is 5.49. The van der Waals surface area contributed by atoms with Gasteiger partial charge in [0.1, 0.15) is 5.69 Å². The molecule has 0 atom stereocenters. The second-order valence-electron chi connectivity index (χ2n) is 5.02. The van der Waals surface area contributed by atoms with Crippen molar-refractivity contribution >= 4 is 17.3 Å². The summed E-state index contributed by atoms with van der Waals surface area (Å²) in [5, 5.41) is 15.4. The van der Waals surface area contributed by atoms with E-state index in [1.165, 1.54) is 4.68 Å². The molecule has 0 saturated heterocycles. The molecule has 0 saturated carbocycles. The molecule has 1 heterocycles. The molecule has 0 bridgehead atoms. The summed E-state index contributed by atoms with van der Waals surface area (Å²) < 4.78 is 1.53. The van der Waals surface area contributed by atoms with Crippen LogP contribution in [0.2, 0.25) is 5.15 Å². The Morgan fingerprint density at radius 2 is 1.94 bits per heavy atom. The number of rotatable bonds is 5. The fourth-order valence-corrected chi connectivity index (χ4v) is 1.93. The Bertz CT molecular complexity index is 413. The van der Waals surface area contributed by atoms with Gasteiger partial charge in [-0.3, -0.25) is 10.1 Å². The van der Waals surface area contributed by atoms with Crippen LogP contribution < -0.4 is 0 Å². The zero-order valence-electron chi connectivity index (χ0n) is 10.6. The van der Waals surface area contributed by atoms with Crippen molar-refractivity contribution in [2.24, 2.45) is 11.8 Å². The van der Waals surface area contributed by atoms with Gasteiger partial charge in [0.2, 0.25) is 5.15 Å². The standard InChI is InChI=1S/C11H18ClN3O2/c1-7(2)5-9-10(15(16)17)11(12)14(13-9)6-8(3)4/h7-8H,5-6H2,1-4H3. The molecule has 0 aliphatic rings. The summed E-state index contributed by atoms with van der Waals surface area (Å²) >= 11 is 6.01. The van der Waals surface area contributed by atoms with Crippen LogP contribution in [0.25, 0.3) is 0 Å². The maximum Gasteiger partial charge on any atom is 0.329 e. The van der Waals surface area contributed by atoms with Crippen molar-refractivity contribution in [3.05, 3.63) is 21.0 Å². The maximum atomic E-state index is 11.0. The molecular formula is C11H18ClN3O2. The molecule has 6 heteroatoms. The summed E-state index contributed by atoms with van der Waals surface area (Å²) in [6.07, 6.45) is 0.571. The van der Waals surface area contributed by atoms with Gasteiger partial charge in [0.05, 0.1) is 4.92 Å². The minimum absolute atomic E-state index is 0.0407. The highest BCUT2D eigenvalue weighted by Crippen LogP contribution is 2.30. The van der Waals surface area contributed by atoms with Gasteiger partial charge in [0.15, 0.2) is 0 Å². The smallest absolute Gasteiger partial charge is 0.258 e. The third-order valence-electron chi connectivity index (χ3n) is 2.26. The fraction of sp³-hybridized carbons (Fsp3) is 0.727. The predicted molar refractivity (Wildman–Crippen MR) is 67.3 cm³/mol. The molecule has 0 aromatic carbocycles. The molecule has 0 radical (unpaired) electrons. The number of hydrogen-bond acceptors (Lipinski definition) is 3. The summed E-state index contributed by atoms with van der Waals surface area (Å²) in [6, 6.07) is 0. The molecule has 1 rings (SSSR count). The Kier molecular flexibility index (Phi) is 4.51. The molecule has 17 heavy (non-hydrogen) atoms. The normalized spacial score (nSPS) is 11.5. The van der Waals surface area contributed by atoms with E-state index in [1.54, 1.807) is 0 Å². The molecule has 0 amide bonds. The summed E-state index contributed by atoms with van der Waals surface area (Å²) in [6.45, 7) is 8.63. The van der Waals surface area contributed by atoms with Crippen LogP contribution in [0.3, 0.4) is 0 Å². The van der Waals surface area contributed by atoms with E-state index < -0.39 is 4.92 Å². The summed E-state index contributed by atoms with van der Waals surface area (Å²) in [5.74, 6) is 0.658. The van der Waals surface area contributed by atoms with E-state index >= 15 is 0 Å². The number of hydrogen-bond donors (Lipinski definition) is 0. The van der Waals surface area contributed by atoms with E-state index in [4.69, 9.17) is 11.6 Å². The van der Waals surface area contributed by atoms with E-state index in [1.807, 2.05) is 27.7 Å². The van der Waals surface area contributed by atoms with Crippen LogP contribution in [0.1, 0.15) is 33.4 Å². The summed E-state index contributed by atoms with van der Waals surface area (Å²) in [5.41, 5.74) is 0.441. The Labute approximate surface area is 106 Å². The van der Waals surface area contributed by atoms with Gasteiger partial charge >= 0.3 is 5.69 Å². The van der Waals surface area contributed by atoms with Crippen molar-refractivity contribution in [3.8, 4) is 0 Å². The van der Waals surface area contributed by atoms with Crippen molar-refractivity contribution in [2.75, 3.05) is 0 Å². The first-order valence-electron chi connectivity index (χ1n) is 5.72. The molecule has 0 fully saturated rings. The Morgan fingerprint density at radius 3 is 2.35 bits per heavy atom. The van der Waals surface area contributed by atoms with E-state index in [9.17, 15) is 10.1 Å². The fourth-order valence-electron chi connectivity index (χ4n) is 1.65. The van der Waals surface area contributed by atoms with Crippen molar-refractivity contribution in [1.82, 2.24) is 9.78 Å². The van der Waals surface area contributed by atoms with Crippen molar-refractivity contribution < 1.29 is 4.92 Å². The number of halogens is 1. The molecule has 0 aliphatic heterocycles. The van der Waals surface area contributed by atoms with Crippen LogP contribution in [-0.4, -0.2) is 14.7 Å². The Hall–Kier alpha value is -1.10. The number of nitro groups is 1. The number of aromatic nitrogens is 2. The van der Waals surface area contributed by atoms with Crippen molar-refractivity contribution in [2.45, 2.75) is 40.7 Å². The minimum atomic E-state index is -0.441. The largest absolute Gasteiger partial charge is 0.329 e. The van der Waals surface area contributed by atoms with Crippen LogP contribution in [0.5, 0.6) is 0 Å². The molecule has 0 N–H and O–H groups in total. The van der Waals surface area contributed by atoms with E-state index in [0.717, 1.165) is 0 Å². The lowest BCUT2D eigenvalue weighted by atomic mass is 10.1. The van der Waals surface area contributed by atoms with Gasteiger partial charge in [-0.15, -0.1) is 0 Å². The van der Waals surface area contributed by atoms with Crippen LogP contribution >= 0.6 is 11.6 Å². The van der Waals surface area contributed by atoms with Crippen molar-refractivity contribution in [3.63, 3.8) is 0 Å². The Balaban J connectivity index is 3.15. The molecule has 0 unspecified atom stereocenters. The van der Waals surface area contributed by atoms with Gasteiger partial charge in [-0.2, -0.15) is 5.10 Å². The van der Waals surface area contributed by atoms with Crippen LogP contribution in [-0.2, 0) is 13.0 Å². The van der Waals surface area contributed by atoms with Crippen molar-refractivity contribution in [1.29, 1.82) is 0 Å². The third kappa shape index (κ3) is 3.43. The van der Waals surface area contributed by atoms with Gasteiger partial charge < -0.3 is 0 Å². The number of nitrogens with zero attached hydrogens (tertiary/aromatic N) is 3. The molecule has 5 nitrogen and oxygen atoms in total. The van der Waals surface area contributed by atoms with Gasteiger partial charge in [-0.1, -0.05) is 39.3 Å². The molecule has 1 aromatic rings. The predicted octanol–water partition coefficient (Wildman–Crippen LogP) is 3.30. The highest BCUT2D eigenvalue weighted by Gasteiger charge is 2.26. The molecule has 0 aliphatic carbocycles. The molecule has 0 spiro atoms. The average molecular weight is 260 g/mol. The quantitative estimate of drug-likeness (QED) is 0.602. The van der Waals surface area contributed by atoms with Gasteiger partial charge in [-0.25, -0.2) is 4.68 Å². The molecular weight excluding hydrogens is 242 g/mol. The van der Waals surface area contributed by atoms with E-state index in [2.05, 4.69) is 5.10 Å². The van der Waals surface area contributed by atoms with Crippen LogP contribution in [0, 0.1) is 22.0 Å². The highest BCUT2D eigenvalue weighted by atomic mass is 35.5. The SMILES string of the molecule is CC(C)Cc1nn(CC(C)C)c(Cl)c1[N+](=O)[O-]. The van der Waals surface area contributed by atoms with Gasteiger partial charge in [-0.05, 0) is 11.8 Å². The molecule has 1 aromatic heterocycles. The van der Waals surface area contributed by atoms with E-state index in [0.29, 0.717) is 30.5 Å². The topological polar surface area (TPSA) is 61.0 Å². The van der Waals surface area contributed by atoms with Gasteiger partial charge in [0.25, 0.3) is 0 Å². The lowest BCUT2D eigenvalue weighted by Crippen LogP contribution is -2.07. The maximum absolute atomic E-state index is 11.0. The average Bonchev–Trinajstić information content (AvgIpc) is 2.40. The summed E-state index contributed by atoms with van der Waals surface area (Å²) in [7, 11) is 0. The first-order chi connectivity index (χ1) is 7.82. The molecule has 96 valence electrons. The highest BCUT2D eigenvalue weighted by molar-refractivity contribution is 6.31. The third-order valence-corrected chi connectivity index (χ3v) is 2.63. The van der Waals surface area contributed by atoms with E-state index in [-0.39, 0.29) is 10.8 Å². The first-order valence-corrected chi connectivity index (χ1v) is 6.10. The zero-order chi connectivity index (χ0) is 13.2. The second-order valence-corrected chi connectivity index (χ2v) is 5.38. The van der Waals surface area contributed by atoms with Gasteiger partial charge in [0, 0.05) is 13.0 Å². The van der Waals surface area contributed by atoms with Crippen LogP contribution in [0.15, 0.2) is 0 Å². The zero-order valence-corrected chi connectivity index (χ0v) is 11.4. The minimum Gasteiger partial charge on any atom is -0.258 e. The lowest BCUT2D eigenvalue weighted by Gasteiger charge is -2.04. The first kappa shape index (κ1) is 14.0. The van der Waals surface area contributed by atoms with Crippen LogP contribution in [0.4, 0.5) is 5.69 Å². The summed E-state index contributed by atoms with van der Waals surface area (Å²) in [4.78, 5) is 10.6. The monoisotopic (exact) mass is 259 g/mol. The lowest BCUT2D eigenvalue weighted by molar-refractivity contribution is -0.385.